The highest BCUT2D eigenvalue weighted by Crippen LogP contribution is 2.40. The van der Waals surface area contributed by atoms with Crippen molar-refractivity contribution in [2.24, 2.45) is 0 Å². The van der Waals surface area contributed by atoms with Gasteiger partial charge in [0.15, 0.2) is 0 Å². The fraction of sp³-hybridized carbons (Fsp3) is 0.381. The van der Waals surface area contributed by atoms with Gasteiger partial charge in [0.25, 0.3) is 0 Å². The molecule has 2 aromatic rings. The van der Waals surface area contributed by atoms with Crippen molar-refractivity contribution in [3.63, 3.8) is 0 Å². The summed E-state index contributed by atoms with van der Waals surface area (Å²) in [6.07, 6.45) is -13.3. The highest BCUT2D eigenvalue weighted by molar-refractivity contribution is 5.91. The first kappa shape index (κ1) is 24.0. The van der Waals surface area contributed by atoms with Crippen molar-refractivity contribution in [2.75, 3.05) is 13.7 Å². The Labute approximate surface area is 180 Å². The van der Waals surface area contributed by atoms with E-state index < -0.39 is 60.8 Å². The smallest absolute Gasteiger partial charge is 0.419 e. The molecule has 3 rings (SSSR count). The lowest BCUT2D eigenvalue weighted by molar-refractivity contribution is -0.278. The number of methoxy groups -OCH3 is 1. The second-order valence-electron chi connectivity index (χ2n) is 7.10. The highest BCUT2D eigenvalue weighted by atomic mass is 19.4. The Bertz CT molecular complexity index is 962. The third-order valence-electron chi connectivity index (χ3n) is 4.99. The Kier molecular flexibility index (Phi) is 7.06. The van der Waals surface area contributed by atoms with Crippen LogP contribution in [-0.4, -0.2) is 70.8 Å². The first-order chi connectivity index (χ1) is 15.1. The maximum absolute atomic E-state index is 13.8. The maximum atomic E-state index is 13.8. The minimum absolute atomic E-state index is 0.129. The summed E-state index contributed by atoms with van der Waals surface area (Å²) in [4.78, 5) is 11.7. The van der Waals surface area contributed by atoms with Crippen molar-refractivity contribution >= 4 is 5.97 Å². The fourth-order valence-electron chi connectivity index (χ4n) is 3.27. The number of hydrogen-bond donors (Lipinski definition) is 4. The van der Waals surface area contributed by atoms with E-state index in [1.807, 2.05) is 0 Å². The molecule has 4 N–H and O–H groups in total. The van der Waals surface area contributed by atoms with Crippen LogP contribution in [0.5, 0.6) is 5.75 Å². The van der Waals surface area contributed by atoms with E-state index in [4.69, 9.17) is 9.47 Å². The van der Waals surface area contributed by atoms with Crippen molar-refractivity contribution in [1.82, 2.24) is 0 Å². The molecule has 0 aromatic heterocycles. The second-order valence-corrected chi connectivity index (χ2v) is 7.10. The van der Waals surface area contributed by atoms with Gasteiger partial charge in [-0.25, -0.2) is 4.79 Å². The molecule has 0 radical (unpaired) electrons. The molecule has 5 atom stereocenters. The summed E-state index contributed by atoms with van der Waals surface area (Å²) in [6.45, 7) is -0.758. The Morgan fingerprint density at radius 3 is 2.34 bits per heavy atom. The lowest BCUT2D eigenvalue weighted by atomic mass is 9.99. The zero-order chi connectivity index (χ0) is 23.6. The largest absolute Gasteiger partial charge is 0.465 e. The van der Waals surface area contributed by atoms with E-state index in [9.17, 15) is 38.4 Å². The van der Waals surface area contributed by atoms with Crippen LogP contribution < -0.4 is 4.74 Å². The molecule has 11 heteroatoms. The number of carbonyl (C=O) groups is 1. The number of esters is 1. The molecule has 174 valence electrons. The number of alkyl halides is 3. The van der Waals surface area contributed by atoms with Crippen molar-refractivity contribution in [1.29, 1.82) is 0 Å². The SMILES string of the molecule is COC(=O)c1cccc(-c2ccc(O[C@H]3O[C@H](CO)[C@@H](O)C(O)C3O)c(C(F)(F)F)c2)c1. The number of carbonyl (C=O) groups excluding carboxylic acids is 1. The Morgan fingerprint density at radius 2 is 1.72 bits per heavy atom. The zero-order valence-corrected chi connectivity index (χ0v) is 16.7. The van der Waals surface area contributed by atoms with Gasteiger partial charge in [0.05, 0.1) is 24.8 Å². The summed E-state index contributed by atoms with van der Waals surface area (Å²) < 4.78 is 56.2. The van der Waals surface area contributed by atoms with E-state index in [0.717, 1.165) is 12.1 Å². The fourth-order valence-corrected chi connectivity index (χ4v) is 3.27. The van der Waals surface area contributed by atoms with Gasteiger partial charge in [-0.2, -0.15) is 13.2 Å². The molecule has 2 unspecified atom stereocenters. The predicted octanol–water partition coefficient (Wildman–Crippen LogP) is 1.34. The molecule has 2 aromatic carbocycles. The third kappa shape index (κ3) is 4.87. The molecular weight excluding hydrogens is 437 g/mol. The topological polar surface area (TPSA) is 126 Å². The molecule has 1 fully saturated rings. The minimum atomic E-state index is -4.86. The first-order valence-corrected chi connectivity index (χ1v) is 9.44. The Hall–Kier alpha value is -2.70. The van der Waals surface area contributed by atoms with Crippen LogP contribution in [0.2, 0.25) is 0 Å². The Balaban J connectivity index is 1.96. The van der Waals surface area contributed by atoms with Crippen molar-refractivity contribution < 1.29 is 52.6 Å². The van der Waals surface area contributed by atoms with E-state index in [0.29, 0.717) is 5.56 Å². The van der Waals surface area contributed by atoms with Gasteiger partial charge >= 0.3 is 12.1 Å². The highest BCUT2D eigenvalue weighted by Gasteiger charge is 2.45. The second kappa shape index (κ2) is 9.43. The molecule has 0 spiro atoms. The molecule has 1 aliphatic heterocycles. The van der Waals surface area contributed by atoms with Gasteiger partial charge in [0.2, 0.25) is 6.29 Å². The zero-order valence-electron chi connectivity index (χ0n) is 16.7. The number of halogens is 3. The van der Waals surface area contributed by atoms with E-state index in [1.165, 1.54) is 37.4 Å². The summed E-state index contributed by atoms with van der Waals surface area (Å²) in [6, 6.07) is 8.95. The summed E-state index contributed by atoms with van der Waals surface area (Å²) in [5, 5.41) is 38.9. The predicted molar refractivity (Wildman–Crippen MR) is 103 cm³/mol. The van der Waals surface area contributed by atoms with E-state index >= 15 is 0 Å². The number of rotatable bonds is 5. The minimum Gasteiger partial charge on any atom is -0.465 e. The van der Waals surface area contributed by atoms with E-state index in [1.54, 1.807) is 0 Å². The molecule has 32 heavy (non-hydrogen) atoms. The molecule has 0 aliphatic carbocycles. The van der Waals surface area contributed by atoms with Crippen molar-refractivity contribution in [3.05, 3.63) is 53.6 Å². The van der Waals surface area contributed by atoms with Crippen LogP contribution in [0, 0.1) is 0 Å². The Morgan fingerprint density at radius 1 is 1.03 bits per heavy atom. The van der Waals surface area contributed by atoms with Crippen LogP contribution in [0.3, 0.4) is 0 Å². The van der Waals surface area contributed by atoms with Gasteiger partial charge in [-0.05, 0) is 35.4 Å². The van der Waals surface area contributed by atoms with Crippen LogP contribution in [0.25, 0.3) is 11.1 Å². The third-order valence-corrected chi connectivity index (χ3v) is 4.99. The summed E-state index contributed by atoms with van der Waals surface area (Å²) in [5.41, 5.74) is -0.599. The average Bonchev–Trinajstić information content (AvgIpc) is 2.78. The van der Waals surface area contributed by atoms with Crippen LogP contribution in [0.4, 0.5) is 13.2 Å². The molecule has 8 nitrogen and oxygen atoms in total. The van der Waals surface area contributed by atoms with Crippen LogP contribution >= 0.6 is 0 Å². The summed E-state index contributed by atoms with van der Waals surface area (Å²) in [5.74, 6) is -1.35. The normalized spacial score (nSPS) is 25.9. The van der Waals surface area contributed by atoms with E-state index in [2.05, 4.69) is 4.74 Å². The lowest BCUT2D eigenvalue weighted by Gasteiger charge is -2.39. The van der Waals surface area contributed by atoms with Gasteiger partial charge < -0.3 is 34.6 Å². The van der Waals surface area contributed by atoms with Gasteiger partial charge in [-0.15, -0.1) is 0 Å². The number of aliphatic hydroxyl groups excluding tert-OH is 4. The van der Waals surface area contributed by atoms with E-state index in [-0.39, 0.29) is 11.1 Å². The van der Waals surface area contributed by atoms with Gasteiger partial charge in [0.1, 0.15) is 30.2 Å². The van der Waals surface area contributed by atoms with Gasteiger partial charge in [-0.3, -0.25) is 0 Å². The molecule has 0 amide bonds. The monoisotopic (exact) mass is 458 g/mol. The molecule has 0 saturated carbocycles. The summed E-state index contributed by atoms with van der Waals surface area (Å²) >= 11 is 0. The lowest BCUT2D eigenvalue weighted by Crippen LogP contribution is -2.60. The number of ether oxygens (including phenoxy) is 3. The average molecular weight is 458 g/mol. The molecule has 1 aliphatic rings. The number of benzene rings is 2. The molecule has 1 heterocycles. The molecule has 1 saturated heterocycles. The standard InChI is InChI=1S/C21H21F3O8/c1-30-19(29)12-4-2-3-10(7-12)11-5-6-14(13(8-11)21(22,23)24)31-20-18(28)17(27)16(26)15(9-25)32-20/h2-8,15-18,20,25-28H,9H2,1H3/t15-,16-,17?,18?,20+/m1/s1. The molecular formula is C21H21F3O8. The summed E-state index contributed by atoms with van der Waals surface area (Å²) in [7, 11) is 1.18. The van der Waals surface area contributed by atoms with Gasteiger partial charge in [0, 0.05) is 0 Å². The van der Waals surface area contributed by atoms with Crippen LogP contribution in [0.15, 0.2) is 42.5 Å². The first-order valence-electron chi connectivity index (χ1n) is 9.44. The number of aliphatic hydroxyl groups is 4. The van der Waals surface area contributed by atoms with Crippen molar-refractivity contribution in [2.45, 2.75) is 36.9 Å². The van der Waals surface area contributed by atoms with Crippen LogP contribution in [0.1, 0.15) is 15.9 Å². The van der Waals surface area contributed by atoms with Gasteiger partial charge in [-0.1, -0.05) is 18.2 Å². The van der Waals surface area contributed by atoms with Crippen molar-refractivity contribution in [3.8, 4) is 16.9 Å². The maximum Gasteiger partial charge on any atom is 0.419 e. The quantitative estimate of drug-likeness (QED) is 0.495. The number of hydrogen-bond acceptors (Lipinski definition) is 8. The molecule has 0 bridgehead atoms. The van der Waals surface area contributed by atoms with Crippen LogP contribution in [-0.2, 0) is 15.7 Å².